The normalized spacial score (nSPS) is 0.750. The third-order valence-electron chi connectivity index (χ3n) is 0. The van der Waals surface area contributed by atoms with E-state index in [9.17, 15) is 0 Å². The monoisotopic (exact) mass is 294 g/mol. The fourth-order valence-corrected chi connectivity index (χ4v) is 0. The van der Waals surface area contributed by atoms with Crippen molar-refractivity contribution in [3.63, 3.8) is 0 Å². The van der Waals surface area contributed by atoms with Crippen LogP contribution in [0.5, 0.6) is 0 Å². The number of hydrogen-bond donors (Lipinski definition) is 0. The van der Waals surface area contributed by atoms with E-state index in [4.69, 9.17) is 2.85 Å². The minimum absolute atomic E-state index is 0. The molecule has 0 N–H and O–H groups in total. The fourth-order valence-electron chi connectivity index (χ4n) is 0. The molecule has 0 aromatic heterocycles. The zero-order valence-corrected chi connectivity index (χ0v) is 11.2. The molecular weight excluding hydrogens is 292 g/mol. The van der Waals surface area contributed by atoms with Gasteiger partial charge in [-0.15, -0.1) is 0 Å². The van der Waals surface area contributed by atoms with Crippen LogP contribution in [0.3, 0.4) is 0 Å². The molecule has 0 radical (unpaired) electrons. The van der Waals surface area contributed by atoms with Gasteiger partial charge >= 0.3 is 27.2 Å². The van der Waals surface area contributed by atoms with Gasteiger partial charge in [-0.25, -0.2) is 0 Å². The molecule has 0 fully saturated rings. The average Bonchev–Trinajstić information content (AvgIpc) is 1.00. The van der Waals surface area contributed by atoms with Crippen molar-refractivity contribution < 1.29 is 43.4 Å². The first-order chi connectivity index (χ1) is 1.00. The molecular formula is HInMoOZn. The molecule has 0 bridgehead atoms. The van der Waals surface area contributed by atoms with Crippen molar-refractivity contribution in [3.8, 4) is 0 Å². The molecule has 0 aromatic carbocycles. The van der Waals surface area contributed by atoms with E-state index in [1.807, 2.05) is 0 Å². The van der Waals surface area contributed by atoms with Crippen LogP contribution in [0.15, 0.2) is 0 Å². The Bertz CT molecular complexity index is 8.00. The summed E-state index contributed by atoms with van der Waals surface area (Å²) in [6, 6.07) is 0. The molecule has 0 heterocycles. The summed E-state index contributed by atoms with van der Waals surface area (Å²) in [5.41, 5.74) is 0. The van der Waals surface area contributed by atoms with Crippen LogP contribution < -0.4 is 0 Å². The molecule has 0 aliphatic carbocycles. The van der Waals surface area contributed by atoms with Crippen molar-refractivity contribution in [3.05, 3.63) is 0 Å². The van der Waals surface area contributed by atoms with Crippen LogP contribution in [0.2, 0.25) is 0 Å². The third-order valence-corrected chi connectivity index (χ3v) is 0. The van der Waals surface area contributed by atoms with E-state index in [2.05, 4.69) is 0 Å². The van der Waals surface area contributed by atoms with E-state index < -0.39 is 0 Å². The number of hydrogen-bond acceptors (Lipinski definition) is 1. The van der Waals surface area contributed by atoms with Crippen LogP contribution >= 0.6 is 0 Å². The van der Waals surface area contributed by atoms with Crippen molar-refractivity contribution in [2.24, 2.45) is 0 Å². The number of rotatable bonds is 0. The predicted molar refractivity (Wildman–Crippen MR) is 7.84 cm³/mol. The Morgan fingerprint density at radius 1 is 1.25 bits per heavy atom. The van der Waals surface area contributed by atoms with Gasteiger partial charge in [-0.3, -0.25) is 0 Å². The molecule has 18 valence electrons. The summed E-state index contributed by atoms with van der Waals surface area (Å²) in [7, 11) is 0. The summed E-state index contributed by atoms with van der Waals surface area (Å²) in [5.74, 6) is 0. The maximum Gasteiger partial charge on any atom is 0 e. The van der Waals surface area contributed by atoms with Gasteiger partial charge in [-0.2, -0.15) is 0 Å². The molecule has 0 aliphatic heterocycles. The SMILES string of the molecule is [Mo].[O]=[InH].[Zn]. The summed E-state index contributed by atoms with van der Waals surface area (Å²) >= 11 is -0.1000. The summed E-state index contributed by atoms with van der Waals surface area (Å²) in [6.07, 6.45) is 0. The van der Waals surface area contributed by atoms with Crippen LogP contribution in [0.25, 0.3) is 0 Å². The van der Waals surface area contributed by atoms with Crippen LogP contribution in [-0.2, 0) is 43.4 Å². The van der Waals surface area contributed by atoms with Crippen molar-refractivity contribution in [1.82, 2.24) is 0 Å². The van der Waals surface area contributed by atoms with Crippen molar-refractivity contribution in [1.29, 1.82) is 0 Å². The minimum Gasteiger partial charge on any atom is 0 e. The Morgan fingerprint density at radius 3 is 1.25 bits per heavy atom. The molecule has 0 atom stereocenters. The second-order valence-corrected chi connectivity index (χ2v) is 0. The minimum atomic E-state index is -0.1000. The Kier molecular flexibility index (Phi) is 83.9. The zero-order chi connectivity index (χ0) is 2.00. The van der Waals surface area contributed by atoms with E-state index in [-0.39, 0.29) is 64.9 Å². The molecule has 0 aliphatic rings. The summed E-state index contributed by atoms with van der Waals surface area (Å²) < 4.78 is 8.42. The van der Waals surface area contributed by atoms with E-state index in [0.29, 0.717) is 0 Å². The van der Waals surface area contributed by atoms with E-state index in [0.717, 1.165) is 0 Å². The molecule has 4 heavy (non-hydrogen) atoms. The first kappa shape index (κ1) is 16.7. The van der Waals surface area contributed by atoms with Gasteiger partial charge in [0.15, 0.2) is 0 Å². The predicted octanol–water partition coefficient (Wildman–Crippen LogP) is -0.772. The second kappa shape index (κ2) is 20.1. The van der Waals surface area contributed by atoms with Crippen LogP contribution in [0.1, 0.15) is 0 Å². The molecule has 0 amide bonds. The van der Waals surface area contributed by atoms with E-state index in [1.165, 1.54) is 0 Å². The van der Waals surface area contributed by atoms with Crippen LogP contribution in [0, 0.1) is 0 Å². The molecule has 1 nitrogen and oxygen atoms in total. The summed E-state index contributed by atoms with van der Waals surface area (Å²) in [5, 5.41) is 0. The van der Waals surface area contributed by atoms with Crippen molar-refractivity contribution in [2.45, 2.75) is 0 Å². The second-order valence-electron chi connectivity index (χ2n) is 0. The first-order valence-electron chi connectivity index (χ1n) is 0.289. The zero-order valence-electron chi connectivity index (χ0n) is 2.23. The Labute approximate surface area is 66.9 Å². The topological polar surface area (TPSA) is 17.1 Å². The quantitative estimate of drug-likeness (QED) is 0.536. The van der Waals surface area contributed by atoms with Gasteiger partial charge in [0.1, 0.15) is 0 Å². The third kappa shape index (κ3) is 9.01. The Morgan fingerprint density at radius 2 is 1.25 bits per heavy atom. The molecule has 0 saturated carbocycles. The van der Waals surface area contributed by atoms with Gasteiger partial charge in [-0.1, -0.05) is 0 Å². The molecule has 4 heteroatoms. The molecule has 0 spiro atoms. The van der Waals surface area contributed by atoms with Gasteiger partial charge < -0.3 is 0 Å². The van der Waals surface area contributed by atoms with Gasteiger partial charge in [0.25, 0.3) is 0 Å². The molecule has 0 rings (SSSR count). The van der Waals surface area contributed by atoms with Crippen molar-refractivity contribution in [2.75, 3.05) is 0 Å². The maximum atomic E-state index is 8.42. The molecule has 0 unspecified atom stereocenters. The average molecular weight is 293 g/mol. The maximum absolute atomic E-state index is 8.42. The van der Waals surface area contributed by atoms with Gasteiger partial charge in [0.05, 0.1) is 0 Å². The smallest absolute Gasteiger partial charge is 0 e. The van der Waals surface area contributed by atoms with Gasteiger partial charge in [0.2, 0.25) is 0 Å². The van der Waals surface area contributed by atoms with Crippen molar-refractivity contribution >= 4 is 24.4 Å². The fraction of sp³-hybridized carbons (Fsp3) is 0. The van der Waals surface area contributed by atoms with Crippen LogP contribution in [-0.4, -0.2) is 24.4 Å². The van der Waals surface area contributed by atoms with Crippen LogP contribution in [0.4, 0.5) is 0 Å². The Hall–Kier alpha value is 1.98. The first-order valence-corrected chi connectivity index (χ1v) is 1.94. The standard InChI is InChI=1S/In.Mo.O.Zn.H. The summed E-state index contributed by atoms with van der Waals surface area (Å²) in [6.45, 7) is 0. The largest absolute Gasteiger partial charge is 0 e. The Balaban J connectivity index is -0.00000000500. The molecule has 0 saturated heterocycles. The van der Waals surface area contributed by atoms with E-state index >= 15 is 0 Å². The van der Waals surface area contributed by atoms with Gasteiger partial charge in [-0.05, 0) is 0 Å². The van der Waals surface area contributed by atoms with Gasteiger partial charge in [0, 0.05) is 40.5 Å². The van der Waals surface area contributed by atoms with E-state index in [1.54, 1.807) is 0 Å². The summed E-state index contributed by atoms with van der Waals surface area (Å²) in [4.78, 5) is 0. The molecule has 0 aromatic rings.